The minimum Gasteiger partial charge on any atom is -0.294 e. The molecule has 0 aliphatic rings. The molecule has 0 aliphatic heterocycles. The summed E-state index contributed by atoms with van der Waals surface area (Å²) in [4.78, 5) is 11.6. The van der Waals surface area contributed by atoms with Gasteiger partial charge in [-0.15, -0.1) is 0 Å². The molecule has 0 radical (unpaired) electrons. The molecule has 0 unspecified atom stereocenters. The minimum atomic E-state index is -3.75. The third-order valence-corrected chi connectivity index (χ3v) is 4.54. The van der Waals surface area contributed by atoms with Crippen molar-refractivity contribution in [3.8, 4) is 0 Å². The van der Waals surface area contributed by atoms with Gasteiger partial charge in [-0.3, -0.25) is 4.79 Å². The van der Waals surface area contributed by atoms with Gasteiger partial charge in [0.25, 0.3) is 0 Å². The average molecular weight is 304 g/mol. The van der Waals surface area contributed by atoms with Crippen LogP contribution in [0.5, 0.6) is 0 Å². The van der Waals surface area contributed by atoms with Crippen molar-refractivity contribution in [2.45, 2.75) is 44.6 Å². The first-order valence-electron chi connectivity index (χ1n) is 5.93. The molecule has 1 aromatic rings. The van der Waals surface area contributed by atoms with Crippen molar-refractivity contribution in [2.24, 2.45) is 0 Å². The Balaban J connectivity index is 3.30. The van der Waals surface area contributed by atoms with Gasteiger partial charge < -0.3 is 0 Å². The number of hydrogen-bond donors (Lipinski definition) is 1. The van der Waals surface area contributed by atoms with E-state index in [1.54, 1.807) is 27.7 Å². The number of halogens is 1. The van der Waals surface area contributed by atoms with E-state index in [2.05, 4.69) is 4.72 Å². The summed E-state index contributed by atoms with van der Waals surface area (Å²) in [6.45, 7) is 6.93. The van der Waals surface area contributed by atoms with Crippen molar-refractivity contribution in [2.75, 3.05) is 0 Å². The Morgan fingerprint density at radius 1 is 1.32 bits per heavy atom. The van der Waals surface area contributed by atoms with Crippen LogP contribution in [-0.2, 0) is 10.0 Å². The predicted molar refractivity (Wildman–Crippen MR) is 76.1 cm³/mol. The van der Waals surface area contributed by atoms with Gasteiger partial charge in [0.1, 0.15) is 4.90 Å². The molecule has 19 heavy (non-hydrogen) atoms. The second-order valence-corrected chi connectivity index (χ2v) is 7.34. The lowest BCUT2D eigenvalue weighted by Gasteiger charge is -2.21. The third kappa shape index (κ3) is 4.30. The summed E-state index contributed by atoms with van der Waals surface area (Å²) in [6, 6.07) is 4.29. The number of carbonyl (C=O) groups is 1. The first kappa shape index (κ1) is 16.1. The lowest BCUT2D eigenvalue weighted by molar-refractivity contribution is 0.0988. The number of carbonyl (C=O) groups excluding carboxylic acids is 1. The molecule has 0 heterocycles. The van der Waals surface area contributed by atoms with E-state index in [1.807, 2.05) is 0 Å². The SMILES string of the molecule is CCC(=O)c1ccc(Cl)c(S(=O)(=O)NC(C)(C)C)c1. The summed E-state index contributed by atoms with van der Waals surface area (Å²) in [7, 11) is -3.75. The number of ketones is 1. The monoisotopic (exact) mass is 303 g/mol. The maximum absolute atomic E-state index is 12.2. The number of rotatable bonds is 4. The molecule has 0 aromatic heterocycles. The fourth-order valence-electron chi connectivity index (χ4n) is 1.54. The van der Waals surface area contributed by atoms with Gasteiger partial charge >= 0.3 is 0 Å². The van der Waals surface area contributed by atoms with Crippen LogP contribution in [0.25, 0.3) is 0 Å². The number of nitrogens with one attached hydrogen (secondary N) is 1. The fraction of sp³-hybridized carbons (Fsp3) is 0.462. The Morgan fingerprint density at radius 3 is 2.37 bits per heavy atom. The molecule has 106 valence electrons. The number of Topliss-reactive ketones (excluding diaryl/α,β-unsaturated/α-hetero) is 1. The van der Waals surface area contributed by atoms with E-state index in [0.29, 0.717) is 12.0 Å². The summed E-state index contributed by atoms with van der Waals surface area (Å²) < 4.78 is 27.0. The van der Waals surface area contributed by atoms with Gasteiger partial charge in [0, 0.05) is 17.5 Å². The number of benzene rings is 1. The average Bonchev–Trinajstić information content (AvgIpc) is 2.25. The normalized spacial score (nSPS) is 12.5. The molecule has 0 atom stereocenters. The largest absolute Gasteiger partial charge is 0.294 e. The number of hydrogen-bond acceptors (Lipinski definition) is 3. The van der Waals surface area contributed by atoms with Gasteiger partial charge in [-0.25, -0.2) is 13.1 Å². The second kappa shape index (κ2) is 5.61. The highest BCUT2D eigenvalue weighted by Crippen LogP contribution is 2.24. The van der Waals surface area contributed by atoms with Crippen molar-refractivity contribution in [1.82, 2.24) is 4.72 Å². The summed E-state index contributed by atoms with van der Waals surface area (Å²) in [6.07, 6.45) is 0.313. The molecule has 0 amide bonds. The summed E-state index contributed by atoms with van der Waals surface area (Å²) in [5, 5.41) is 0.101. The van der Waals surface area contributed by atoms with Crippen molar-refractivity contribution >= 4 is 27.4 Å². The summed E-state index contributed by atoms with van der Waals surface area (Å²) >= 11 is 5.93. The Bertz CT molecular complexity index is 588. The van der Waals surface area contributed by atoms with E-state index in [-0.39, 0.29) is 15.7 Å². The van der Waals surface area contributed by atoms with E-state index in [4.69, 9.17) is 11.6 Å². The van der Waals surface area contributed by atoms with Crippen molar-refractivity contribution in [1.29, 1.82) is 0 Å². The quantitative estimate of drug-likeness (QED) is 0.870. The van der Waals surface area contributed by atoms with Crippen LogP contribution in [0.4, 0.5) is 0 Å². The zero-order valence-corrected chi connectivity index (χ0v) is 13.0. The molecule has 0 aliphatic carbocycles. The molecule has 6 heteroatoms. The Morgan fingerprint density at radius 2 is 1.89 bits per heavy atom. The summed E-state index contributed by atoms with van der Waals surface area (Å²) in [5.41, 5.74) is -0.270. The van der Waals surface area contributed by atoms with Crippen LogP contribution in [0, 0.1) is 0 Å². The molecular formula is C13H18ClNO3S. The third-order valence-electron chi connectivity index (χ3n) is 2.30. The molecule has 4 nitrogen and oxygen atoms in total. The van der Waals surface area contributed by atoms with Crippen molar-refractivity contribution in [3.05, 3.63) is 28.8 Å². The lowest BCUT2D eigenvalue weighted by atomic mass is 10.1. The molecule has 0 saturated heterocycles. The first-order valence-corrected chi connectivity index (χ1v) is 7.79. The first-order chi connectivity index (χ1) is 8.57. The van der Waals surface area contributed by atoms with Gasteiger partial charge in [0.2, 0.25) is 10.0 Å². The summed E-state index contributed by atoms with van der Waals surface area (Å²) in [5.74, 6) is -0.121. The van der Waals surface area contributed by atoms with Gasteiger partial charge in [-0.1, -0.05) is 18.5 Å². The van der Waals surface area contributed by atoms with Crippen LogP contribution in [-0.4, -0.2) is 19.7 Å². The molecule has 0 bridgehead atoms. The van der Waals surface area contributed by atoms with Gasteiger partial charge in [0.15, 0.2) is 5.78 Å². The smallest absolute Gasteiger partial charge is 0.242 e. The second-order valence-electron chi connectivity index (χ2n) is 5.28. The van der Waals surface area contributed by atoms with Gasteiger partial charge in [-0.05, 0) is 39.0 Å². The van der Waals surface area contributed by atoms with E-state index >= 15 is 0 Å². The highest BCUT2D eigenvalue weighted by atomic mass is 35.5. The maximum atomic E-state index is 12.2. The van der Waals surface area contributed by atoms with Crippen LogP contribution in [0.2, 0.25) is 5.02 Å². The Kier molecular flexibility index (Phi) is 4.76. The molecule has 0 fully saturated rings. The standard InChI is InChI=1S/C13H18ClNO3S/c1-5-11(16)9-6-7-10(14)12(8-9)19(17,18)15-13(2,3)4/h6-8,15H,5H2,1-4H3. The zero-order valence-electron chi connectivity index (χ0n) is 11.5. The van der Waals surface area contributed by atoms with E-state index < -0.39 is 15.6 Å². The predicted octanol–water partition coefficient (Wildman–Crippen LogP) is 3.01. The van der Waals surface area contributed by atoms with Crippen LogP contribution >= 0.6 is 11.6 Å². The Hall–Kier alpha value is -0.910. The van der Waals surface area contributed by atoms with Crippen LogP contribution in [0.3, 0.4) is 0 Å². The van der Waals surface area contributed by atoms with E-state index in [1.165, 1.54) is 18.2 Å². The van der Waals surface area contributed by atoms with E-state index in [0.717, 1.165) is 0 Å². The van der Waals surface area contributed by atoms with Crippen LogP contribution < -0.4 is 4.72 Å². The highest BCUT2D eigenvalue weighted by Gasteiger charge is 2.25. The molecule has 1 aromatic carbocycles. The van der Waals surface area contributed by atoms with Gasteiger partial charge in [-0.2, -0.15) is 0 Å². The van der Waals surface area contributed by atoms with Crippen LogP contribution in [0.15, 0.2) is 23.1 Å². The lowest BCUT2D eigenvalue weighted by Crippen LogP contribution is -2.40. The topological polar surface area (TPSA) is 63.2 Å². The Labute approximate surface area is 119 Å². The van der Waals surface area contributed by atoms with Crippen molar-refractivity contribution < 1.29 is 13.2 Å². The molecule has 1 rings (SSSR count). The number of sulfonamides is 1. The molecule has 1 N–H and O–H groups in total. The minimum absolute atomic E-state index is 0.0663. The highest BCUT2D eigenvalue weighted by molar-refractivity contribution is 7.89. The van der Waals surface area contributed by atoms with Crippen molar-refractivity contribution in [3.63, 3.8) is 0 Å². The zero-order chi connectivity index (χ0) is 14.8. The van der Waals surface area contributed by atoms with Gasteiger partial charge in [0.05, 0.1) is 5.02 Å². The molecule has 0 saturated carbocycles. The fourth-order valence-corrected chi connectivity index (χ4v) is 3.49. The van der Waals surface area contributed by atoms with Crippen LogP contribution in [0.1, 0.15) is 44.5 Å². The maximum Gasteiger partial charge on any atom is 0.242 e. The van der Waals surface area contributed by atoms with E-state index in [9.17, 15) is 13.2 Å². The molecular weight excluding hydrogens is 286 g/mol. The molecule has 0 spiro atoms.